The summed E-state index contributed by atoms with van der Waals surface area (Å²) in [5, 5.41) is 0. The molecule has 0 N–H and O–H groups in total. The molecule has 1 aliphatic heterocycles. The fourth-order valence-corrected chi connectivity index (χ4v) is 4.28. The van der Waals surface area contributed by atoms with Gasteiger partial charge in [-0.15, -0.1) is 0 Å². The van der Waals surface area contributed by atoms with Gasteiger partial charge in [0.05, 0.1) is 36.3 Å². The Balaban J connectivity index is 2.38. The summed E-state index contributed by atoms with van der Waals surface area (Å²) in [6.07, 6.45) is 0. The van der Waals surface area contributed by atoms with Crippen LogP contribution in [0.5, 0.6) is 0 Å². The Labute approximate surface area is 140 Å². The number of rotatable bonds is 2. The van der Waals surface area contributed by atoms with Crippen molar-refractivity contribution in [3.8, 4) is 0 Å². The van der Waals surface area contributed by atoms with Crippen molar-refractivity contribution in [2.45, 2.75) is 31.7 Å². The van der Waals surface area contributed by atoms with Gasteiger partial charge in [0.2, 0.25) is 5.91 Å². The maximum Gasteiger partial charge on any atom is 0.336 e. The van der Waals surface area contributed by atoms with Crippen LogP contribution in [0.2, 0.25) is 0 Å². The number of carbonyl (C=O) groups is 3. The molecule has 2 atom stereocenters. The Hall–Kier alpha value is -2.63. The van der Waals surface area contributed by atoms with Crippen LogP contribution in [0.1, 0.15) is 26.3 Å². The molecule has 0 spiro atoms. The summed E-state index contributed by atoms with van der Waals surface area (Å²) in [4.78, 5) is 38.8. The molecule has 6 heteroatoms. The lowest BCUT2D eigenvalue weighted by Crippen LogP contribution is -2.68. The quantitative estimate of drug-likeness (QED) is 0.773. The number of methoxy groups -OCH3 is 2. The number of hydrogen-bond acceptors (Lipinski definition) is 5. The van der Waals surface area contributed by atoms with Gasteiger partial charge < -0.3 is 14.4 Å². The molecule has 2 aliphatic rings. The number of amides is 1. The first-order valence-electron chi connectivity index (χ1n) is 7.59. The minimum atomic E-state index is -1.00. The second-order valence-corrected chi connectivity index (χ2v) is 6.30. The standard InChI is InChI=1S/C18H19NO5/c1-10(20)19-12-9-7-6-8-11(12)17(2)13(15(21)23-4)14(16(22)24-5)18(17,19)3/h6-9H,1-5H3/t17-,18+/m1/s1. The number of esters is 2. The zero-order valence-electron chi connectivity index (χ0n) is 14.3. The molecule has 0 bridgehead atoms. The van der Waals surface area contributed by atoms with E-state index in [0.29, 0.717) is 5.69 Å². The molecule has 1 aromatic rings. The summed E-state index contributed by atoms with van der Waals surface area (Å²) in [6, 6.07) is 7.35. The second-order valence-electron chi connectivity index (χ2n) is 6.30. The van der Waals surface area contributed by atoms with Crippen LogP contribution in [0.25, 0.3) is 0 Å². The molecular weight excluding hydrogens is 310 g/mol. The average Bonchev–Trinajstić information content (AvgIpc) is 2.72. The maximum atomic E-state index is 12.4. The lowest BCUT2D eigenvalue weighted by Gasteiger charge is -2.55. The zero-order valence-corrected chi connectivity index (χ0v) is 14.3. The normalized spacial score (nSPS) is 27.1. The number of ether oxygens (including phenoxy) is 2. The van der Waals surface area contributed by atoms with Crippen molar-refractivity contribution >= 4 is 23.5 Å². The van der Waals surface area contributed by atoms with Gasteiger partial charge in [-0.25, -0.2) is 9.59 Å². The lowest BCUT2D eigenvalue weighted by molar-refractivity contribution is -0.143. The highest BCUT2D eigenvalue weighted by Crippen LogP contribution is 2.66. The molecule has 1 aromatic carbocycles. The largest absolute Gasteiger partial charge is 0.466 e. The fourth-order valence-electron chi connectivity index (χ4n) is 4.28. The van der Waals surface area contributed by atoms with E-state index in [0.717, 1.165) is 5.56 Å². The third-order valence-corrected chi connectivity index (χ3v) is 5.44. The summed E-state index contributed by atoms with van der Waals surface area (Å²) in [7, 11) is 2.52. The van der Waals surface area contributed by atoms with Crippen molar-refractivity contribution < 1.29 is 23.9 Å². The van der Waals surface area contributed by atoms with Crippen LogP contribution in [-0.2, 0) is 29.3 Å². The first-order valence-corrected chi connectivity index (χ1v) is 7.59. The topological polar surface area (TPSA) is 72.9 Å². The second kappa shape index (κ2) is 4.93. The summed E-state index contributed by atoms with van der Waals surface area (Å²) in [5.41, 5.74) is 0.0812. The molecule has 6 nitrogen and oxygen atoms in total. The fraction of sp³-hybridized carbons (Fsp3) is 0.389. The summed E-state index contributed by atoms with van der Waals surface area (Å²) < 4.78 is 9.78. The van der Waals surface area contributed by atoms with E-state index in [2.05, 4.69) is 0 Å². The predicted octanol–water partition coefficient (Wildman–Crippen LogP) is 1.73. The number of anilines is 1. The minimum absolute atomic E-state index is 0.172. The van der Waals surface area contributed by atoms with E-state index in [-0.39, 0.29) is 17.1 Å². The molecule has 0 saturated carbocycles. The van der Waals surface area contributed by atoms with Gasteiger partial charge in [0.1, 0.15) is 0 Å². The van der Waals surface area contributed by atoms with Crippen LogP contribution in [0.3, 0.4) is 0 Å². The Morgan fingerprint density at radius 2 is 1.50 bits per heavy atom. The number of para-hydroxylation sites is 1. The Kier molecular flexibility index (Phi) is 3.34. The molecular formula is C18H19NO5. The summed E-state index contributed by atoms with van der Waals surface area (Å²) in [6.45, 7) is 5.08. The van der Waals surface area contributed by atoms with Gasteiger partial charge in [0.15, 0.2) is 0 Å². The third-order valence-electron chi connectivity index (χ3n) is 5.44. The van der Waals surface area contributed by atoms with E-state index in [4.69, 9.17) is 9.47 Å². The van der Waals surface area contributed by atoms with Gasteiger partial charge >= 0.3 is 11.9 Å². The number of carbonyl (C=O) groups excluding carboxylic acids is 3. The van der Waals surface area contributed by atoms with Crippen LogP contribution in [-0.4, -0.2) is 37.6 Å². The van der Waals surface area contributed by atoms with Crippen LogP contribution in [0, 0.1) is 0 Å². The Bertz CT molecular complexity index is 811. The van der Waals surface area contributed by atoms with E-state index in [9.17, 15) is 14.4 Å². The summed E-state index contributed by atoms with van der Waals surface area (Å²) in [5.74, 6) is -1.43. The van der Waals surface area contributed by atoms with Crippen LogP contribution in [0.4, 0.5) is 5.69 Å². The van der Waals surface area contributed by atoms with E-state index >= 15 is 0 Å². The molecule has 0 aromatic heterocycles. The van der Waals surface area contributed by atoms with Gasteiger partial charge in [-0.05, 0) is 25.5 Å². The van der Waals surface area contributed by atoms with Gasteiger partial charge in [0, 0.05) is 12.6 Å². The molecule has 1 amide bonds. The van der Waals surface area contributed by atoms with Crippen LogP contribution in [0.15, 0.2) is 35.4 Å². The van der Waals surface area contributed by atoms with Crippen LogP contribution >= 0.6 is 0 Å². The first kappa shape index (κ1) is 16.2. The van der Waals surface area contributed by atoms with E-state index in [1.54, 1.807) is 11.8 Å². The highest BCUT2D eigenvalue weighted by atomic mass is 16.5. The van der Waals surface area contributed by atoms with E-state index < -0.39 is 22.9 Å². The molecule has 0 saturated heterocycles. The van der Waals surface area contributed by atoms with Crippen molar-refractivity contribution in [3.63, 3.8) is 0 Å². The van der Waals surface area contributed by atoms with Gasteiger partial charge in [-0.1, -0.05) is 18.2 Å². The molecule has 1 heterocycles. The zero-order chi connectivity index (χ0) is 17.9. The molecule has 24 heavy (non-hydrogen) atoms. The van der Waals surface area contributed by atoms with Gasteiger partial charge in [0.25, 0.3) is 0 Å². The summed E-state index contributed by atoms with van der Waals surface area (Å²) >= 11 is 0. The highest BCUT2D eigenvalue weighted by molar-refractivity contribution is 6.15. The smallest absolute Gasteiger partial charge is 0.336 e. The van der Waals surface area contributed by atoms with E-state index in [1.165, 1.54) is 21.1 Å². The van der Waals surface area contributed by atoms with Gasteiger partial charge in [-0.3, -0.25) is 4.79 Å². The Morgan fingerprint density at radius 3 is 2.04 bits per heavy atom. The van der Waals surface area contributed by atoms with Crippen molar-refractivity contribution in [1.29, 1.82) is 0 Å². The van der Waals surface area contributed by atoms with Crippen molar-refractivity contribution in [2.24, 2.45) is 0 Å². The molecule has 1 aliphatic carbocycles. The SMILES string of the molecule is COC(=O)C1=C(C(=O)OC)[C@]2(C)N(C(C)=O)c3ccccc3[C@]12C. The van der Waals surface area contributed by atoms with Crippen molar-refractivity contribution in [3.05, 3.63) is 41.0 Å². The lowest BCUT2D eigenvalue weighted by atomic mass is 9.51. The molecule has 0 unspecified atom stereocenters. The Morgan fingerprint density at radius 1 is 0.958 bits per heavy atom. The number of fused-ring (bicyclic) bond motifs is 3. The first-order chi connectivity index (χ1) is 11.3. The van der Waals surface area contributed by atoms with Crippen molar-refractivity contribution in [2.75, 3.05) is 19.1 Å². The molecule has 126 valence electrons. The number of nitrogens with zero attached hydrogens (tertiary/aromatic N) is 1. The van der Waals surface area contributed by atoms with Gasteiger partial charge in [-0.2, -0.15) is 0 Å². The number of benzene rings is 1. The van der Waals surface area contributed by atoms with Crippen LogP contribution < -0.4 is 4.90 Å². The predicted molar refractivity (Wildman–Crippen MR) is 86.4 cm³/mol. The monoisotopic (exact) mass is 329 g/mol. The molecule has 3 rings (SSSR count). The third kappa shape index (κ3) is 1.53. The highest BCUT2D eigenvalue weighted by Gasteiger charge is 2.72. The maximum absolute atomic E-state index is 12.4. The van der Waals surface area contributed by atoms with Crippen molar-refractivity contribution in [1.82, 2.24) is 0 Å². The number of hydrogen-bond donors (Lipinski definition) is 0. The molecule has 0 radical (unpaired) electrons. The average molecular weight is 329 g/mol. The molecule has 0 fully saturated rings. The minimum Gasteiger partial charge on any atom is -0.466 e. The van der Waals surface area contributed by atoms with E-state index in [1.807, 2.05) is 31.2 Å².